The third-order valence-electron chi connectivity index (χ3n) is 21.3. The molecule has 16 rings (SSSR count). The summed E-state index contributed by atoms with van der Waals surface area (Å²) in [5, 5.41) is 2.50. The van der Waals surface area contributed by atoms with Crippen molar-refractivity contribution in [1.82, 2.24) is 4.57 Å². The first-order valence-electron chi connectivity index (χ1n) is 32.7. The minimum absolute atomic E-state index is 0.000133. The molecule has 4 aliphatic carbocycles. The number of aryl methyl sites for hydroxylation is 2. The van der Waals surface area contributed by atoms with Crippen LogP contribution in [0.1, 0.15) is 161 Å². The lowest BCUT2D eigenvalue weighted by Gasteiger charge is -2.57. The van der Waals surface area contributed by atoms with Gasteiger partial charge in [-0.1, -0.05) is 180 Å². The van der Waals surface area contributed by atoms with Crippen LogP contribution in [0.5, 0.6) is 0 Å². The van der Waals surface area contributed by atoms with E-state index in [-0.39, 0.29) is 33.8 Å². The van der Waals surface area contributed by atoms with Crippen molar-refractivity contribution in [3.8, 4) is 5.69 Å². The summed E-state index contributed by atoms with van der Waals surface area (Å²) in [6.07, 6.45) is 8.11. The fourth-order valence-corrected chi connectivity index (χ4v) is 17.2. The van der Waals surface area contributed by atoms with E-state index in [2.05, 4.69) is 298 Å². The van der Waals surface area contributed by atoms with Gasteiger partial charge in [-0.2, -0.15) is 0 Å². The second-order valence-electron chi connectivity index (χ2n) is 31.5. The molecular formula is C82H87BN4. The summed E-state index contributed by atoms with van der Waals surface area (Å²) in [6.45, 7) is 33.0. The molecule has 5 heteroatoms. The number of fused-ring (bicyclic) bond motifs is 7. The van der Waals surface area contributed by atoms with Crippen molar-refractivity contribution in [1.29, 1.82) is 0 Å². The number of anilines is 9. The van der Waals surface area contributed by atoms with E-state index in [0.29, 0.717) is 0 Å². The van der Waals surface area contributed by atoms with E-state index in [4.69, 9.17) is 0 Å². The topological polar surface area (TPSA) is 14.7 Å². The van der Waals surface area contributed by atoms with Gasteiger partial charge in [0.15, 0.2) is 0 Å². The Kier molecular flexibility index (Phi) is 12.6. The Balaban J connectivity index is 1.03. The Bertz CT molecular complexity index is 4320. The molecule has 0 amide bonds. The van der Waals surface area contributed by atoms with E-state index in [1.165, 1.54) is 144 Å². The lowest BCUT2D eigenvalue weighted by molar-refractivity contribution is -0.00514. The number of rotatable bonds is 7. The summed E-state index contributed by atoms with van der Waals surface area (Å²) in [7, 11) is 0. The first kappa shape index (κ1) is 55.8. The van der Waals surface area contributed by atoms with Crippen LogP contribution in [0, 0.1) is 31.6 Å². The monoisotopic (exact) mass is 1140 g/mol. The Hall–Kier alpha value is -7.76. The van der Waals surface area contributed by atoms with Crippen LogP contribution in [0.2, 0.25) is 0 Å². The third-order valence-corrected chi connectivity index (χ3v) is 21.3. The van der Waals surface area contributed by atoms with Crippen LogP contribution in [-0.4, -0.2) is 11.3 Å². The summed E-state index contributed by atoms with van der Waals surface area (Å²) >= 11 is 0. The predicted octanol–water partition coefficient (Wildman–Crippen LogP) is 20.6. The molecule has 6 aliphatic rings. The Morgan fingerprint density at radius 1 is 0.402 bits per heavy atom. The summed E-state index contributed by atoms with van der Waals surface area (Å²) in [5.41, 5.74) is 28.4. The minimum atomic E-state index is -0.0548. The standard InChI is InChI=1S/C82H87BN4/c1-51-38-59(81(12,13)14)39-52(2)77(51)87-73-47-65(84(62-29-24-56(25-30-62)78(3,4)5)64-33-35-67-66-22-18-19-23-70(66)85(71(67)46-64)61-20-16-15-17-21-61)34-37-69(73)83-68-36-28-58(80(9,10)11)43-72(68)86(63-31-26-57(27-32-63)79(6,7)8)74-44-60(45-75(87)76(74)83)82-48-53-40-54(49-82)42-55(41-53)50-82/h15-39,43-47,53-55H,40-42,48-50H2,1-14H3. The number of benzene rings is 9. The molecule has 2 aliphatic heterocycles. The van der Waals surface area contributed by atoms with Gasteiger partial charge in [-0.3, -0.25) is 0 Å². The maximum atomic E-state index is 2.78. The molecule has 0 unspecified atom stereocenters. The van der Waals surface area contributed by atoms with Crippen LogP contribution >= 0.6 is 0 Å². The van der Waals surface area contributed by atoms with Crippen LogP contribution in [0.15, 0.2) is 182 Å². The molecule has 0 N–H and O–H groups in total. The Morgan fingerprint density at radius 2 is 0.885 bits per heavy atom. The molecule has 4 nitrogen and oxygen atoms in total. The highest BCUT2D eigenvalue weighted by Crippen LogP contribution is 2.62. The van der Waals surface area contributed by atoms with Gasteiger partial charge in [0, 0.05) is 62.0 Å². The molecule has 9 aromatic carbocycles. The smallest absolute Gasteiger partial charge is 0.252 e. The first-order valence-corrected chi connectivity index (χ1v) is 32.7. The molecule has 10 aromatic rings. The second kappa shape index (κ2) is 19.6. The number of hydrogen-bond donors (Lipinski definition) is 0. The Labute approximate surface area is 519 Å². The van der Waals surface area contributed by atoms with Crippen molar-refractivity contribution in [2.75, 3.05) is 14.7 Å². The summed E-state index contributed by atoms with van der Waals surface area (Å²) < 4.78 is 2.46. The lowest BCUT2D eigenvalue weighted by atomic mass is 9.33. The highest BCUT2D eigenvalue weighted by atomic mass is 15.2. The van der Waals surface area contributed by atoms with E-state index < -0.39 is 0 Å². The van der Waals surface area contributed by atoms with Crippen molar-refractivity contribution in [2.24, 2.45) is 17.8 Å². The molecule has 0 radical (unpaired) electrons. The van der Waals surface area contributed by atoms with Crippen molar-refractivity contribution < 1.29 is 0 Å². The quantitative estimate of drug-likeness (QED) is 0.148. The molecule has 438 valence electrons. The fraction of sp³-hybridized carbons (Fsp3) is 0.341. The zero-order valence-electron chi connectivity index (χ0n) is 54.2. The number of para-hydroxylation sites is 2. The van der Waals surface area contributed by atoms with Gasteiger partial charge in [-0.05, 0) is 237 Å². The molecule has 0 atom stereocenters. The zero-order chi connectivity index (χ0) is 60.4. The molecule has 3 heterocycles. The highest BCUT2D eigenvalue weighted by Gasteiger charge is 2.53. The van der Waals surface area contributed by atoms with Crippen LogP contribution < -0.4 is 31.1 Å². The average Bonchev–Trinajstić information content (AvgIpc) is 1.25. The highest BCUT2D eigenvalue weighted by molar-refractivity contribution is 7.00. The van der Waals surface area contributed by atoms with Crippen LogP contribution in [0.25, 0.3) is 27.5 Å². The van der Waals surface area contributed by atoms with Crippen LogP contribution in [-0.2, 0) is 27.1 Å². The molecule has 4 bridgehead atoms. The molecule has 0 saturated heterocycles. The summed E-state index contributed by atoms with van der Waals surface area (Å²) in [4.78, 5) is 8.03. The van der Waals surface area contributed by atoms with Gasteiger partial charge in [0.1, 0.15) is 0 Å². The number of nitrogens with zero attached hydrogens (tertiary/aromatic N) is 4. The maximum absolute atomic E-state index is 2.78. The normalized spacial score (nSPS) is 19.7. The van der Waals surface area contributed by atoms with Gasteiger partial charge >= 0.3 is 0 Å². The molecule has 87 heavy (non-hydrogen) atoms. The van der Waals surface area contributed by atoms with E-state index >= 15 is 0 Å². The average molecular weight is 1140 g/mol. The van der Waals surface area contributed by atoms with E-state index in [9.17, 15) is 0 Å². The summed E-state index contributed by atoms with van der Waals surface area (Å²) in [5.74, 6) is 2.41. The van der Waals surface area contributed by atoms with Gasteiger partial charge in [0.2, 0.25) is 0 Å². The van der Waals surface area contributed by atoms with Gasteiger partial charge in [0.05, 0.1) is 16.7 Å². The number of aromatic nitrogens is 1. The van der Waals surface area contributed by atoms with E-state index in [1.807, 2.05) is 0 Å². The SMILES string of the molecule is Cc1cc(C(C)(C)C)cc(C)c1N1c2cc(N(c3ccc(C(C)(C)C)cc3)c3ccc4c5ccccc5n(-c5ccccc5)c4c3)ccc2B2c3ccc(C(C)(C)C)cc3N(c3ccc(C(C)(C)C)cc3)c3cc(C45CC6CC(CC(C6)C4)C5)cc1c32. The van der Waals surface area contributed by atoms with E-state index in [0.717, 1.165) is 40.5 Å². The molecule has 4 saturated carbocycles. The van der Waals surface area contributed by atoms with Gasteiger partial charge in [-0.25, -0.2) is 0 Å². The number of hydrogen-bond acceptors (Lipinski definition) is 3. The third kappa shape index (κ3) is 9.13. The predicted molar refractivity (Wildman–Crippen MR) is 374 cm³/mol. The minimum Gasteiger partial charge on any atom is -0.311 e. The van der Waals surface area contributed by atoms with Crippen LogP contribution in [0.3, 0.4) is 0 Å². The largest absolute Gasteiger partial charge is 0.311 e. The van der Waals surface area contributed by atoms with Crippen molar-refractivity contribution >= 4 is 96.1 Å². The van der Waals surface area contributed by atoms with Crippen molar-refractivity contribution in [2.45, 2.75) is 163 Å². The zero-order valence-corrected chi connectivity index (χ0v) is 54.2. The van der Waals surface area contributed by atoms with E-state index in [1.54, 1.807) is 5.56 Å². The second-order valence-corrected chi connectivity index (χ2v) is 31.5. The van der Waals surface area contributed by atoms with Gasteiger partial charge < -0.3 is 19.3 Å². The summed E-state index contributed by atoms with van der Waals surface area (Å²) in [6, 6.07) is 71.7. The Morgan fingerprint density at radius 3 is 1.48 bits per heavy atom. The fourth-order valence-electron chi connectivity index (χ4n) is 17.2. The first-order chi connectivity index (χ1) is 41.4. The molecule has 0 spiro atoms. The van der Waals surface area contributed by atoms with Crippen molar-refractivity contribution in [3.05, 3.63) is 221 Å². The molecular weight excluding hydrogens is 1050 g/mol. The molecule has 4 fully saturated rings. The lowest BCUT2D eigenvalue weighted by Crippen LogP contribution is -2.61. The van der Waals surface area contributed by atoms with Gasteiger partial charge in [0.25, 0.3) is 6.71 Å². The van der Waals surface area contributed by atoms with Crippen LogP contribution in [0.4, 0.5) is 51.2 Å². The maximum Gasteiger partial charge on any atom is 0.252 e. The molecule has 1 aromatic heterocycles. The van der Waals surface area contributed by atoms with Gasteiger partial charge in [-0.15, -0.1) is 0 Å². The van der Waals surface area contributed by atoms with Crippen molar-refractivity contribution in [3.63, 3.8) is 0 Å².